The minimum Gasteiger partial charge on any atom is -0.466 e. The number of carbonyl (C=O) groups is 1. The fourth-order valence-electron chi connectivity index (χ4n) is 1.54. The molecule has 0 aromatic carbocycles. The van der Waals surface area contributed by atoms with Gasteiger partial charge in [0.2, 0.25) is 0 Å². The number of pyridine rings is 1. The number of carbonyl (C=O) groups excluding carboxylic acids is 1. The van der Waals surface area contributed by atoms with Gasteiger partial charge in [-0.25, -0.2) is 0 Å². The number of esters is 1. The molecule has 1 heterocycles. The number of hydrogen-bond donors (Lipinski definition) is 1. The Hall–Kier alpha value is -1.68. The van der Waals surface area contributed by atoms with E-state index in [-0.39, 0.29) is 0 Å². The average Bonchev–Trinajstić information content (AvgIpc) is 2.36. The van der Waals surface area contributed by atoms with Crippen molar-refractivity contribution in [3.8, 4) is 0 Å². The van der Waals surface area contributed by atoms with Gasteiger partial charge >= 0.3 is 5.97 Å². The zero-order chi connectivity index (χ0) is 12.7. The third-order valence-corrected chi connectivity index (χ3v) is 2.38. The molecule has 4 nitrogen and oxygen atoms in total. The van der Waals surface area contributed by atoms with Crippen LogP contribution in [0.5, 0.6) is 0 Å². The van der Waals surface area contributed by atoms with E-state index >= 15 is 0 Å². The second-order valence-electron chi connectivity index (χ2n) is 3.58. The van der Waals surface area contributed by atoms with Crippen molar-refractivity contribution in [2.24, 2.45) is 5.92 Å². The number of hydrogen-bond acceptors (Lipinski definition) is 4. The van der Waals surface area contributed by atoms with Gasteiger partial charge in [0.25, 0.3) is 0 Å². The van der Waals surface area contributed by atoms with Crippen LogP contribution in [0.1, 0.15) is 25.1 Å². The van der Waals surface area contributed by atoms with Crippen LogP contribution in [0.3, 0.4) is 0 Å². The minimum absolute atomic E-state index is 0.293. The highest BCUT2D eigenvalue weighted by atomic mass is 16.5. The van der Waals surface area contributed by atoms with Gasteiger partial charge in [-0.3, -0.25) is 9.78 Å². The van der Waals surface area contributed by atoms with Crippen molar-refractivity contribution < 1.29 is 14.6 Å². The third kappa shape index (κ3) is 3.67. The van der Waals surface area contributed by atoms with Gasteiger partial charge in [0.1, 0.15) is 6.10 Å². The van der Waals surface area contributed by atoms with Gasteiger partial charge in [0.05, 0.1) is 18.2 Å². The zero-order valence-corrected chi connectivity index (χ0v) is 9.87. The lowest BCUT2D eigenvalue weighted by Crippen LogP contribution is -2.24. The normalized spacial score (nSPS) is 13.8. The summed E-state index contributed by atoms with van der Waals surface area (Å²) in [5, 5.41) is 10.1. The number of aromatic nitrogens is 1. The van der Waals surface area contributed by atoms with E-state index in [1.54, 1.807) is 37.4 Å². The van der Waals surface area contributed by atoms with Gasteiger partial charge < -0.3 is 9.84 Å². The molecule has 0 fully saturated rings. The molecule has 0 unspecified atom stereocenters. The van der Waals surface area contributed by atoms with E-state index in [1.807, 2.05) is 0 Å². The molecule has 1 N–H and O–H groups in total. The van der Waals surface area contributed by atoms with E-state index in [2.05, 4.69) is 11.6 Å². The maximum absolute atomic E-state index is 11.7. The molecular weight excluding hydrogens is 218 g/mol. The number of allylic oxidation sites excluding steroid dienone is 1. The van der Waals surface area contributed by atoms with Gasteiger partial charge in [0, 0.05) is 6.20 Å². The summed E-state index contributed by atoms with van der Waals surface area (Å²) in [5.41, 5.74) is 0.465. The predicted octanol–water partition coefficient (Wildman–Crippen LogP) is 1.87. The topological polar surface area (TPSA) is 59.4 Å². The molecule has 0 bridgehead atoms. The lowest BCUT2D eigenvalue weighted by molar-refractivity contribution is -0.152. The van der Waals surface area contributed by atoms with Gasteiger partial charge in [-0.05, 0) is 25.5 Å². The second kappa shape index (κ2) is 6.81. The number of rotatable bonds is 6. The molecule has 0 amide bonds. The summed E-state index contributed by atoms with van der Waals surface area (Å²) in [6.07, 6.45) is 2.56. The molecule has 0 aliphatic carbocycles. The highest BCUT2D eigenvalue weighted by Crippen LogP contribution is 2.24. The van der Waals surface area contributed by atoms with Crippen molar-refractivity contribution in [3.63, 3.8) is 0 Å². The van der Waals surface area contributed by atoms with E-state index in [1.165, 1.54) is 0 Å². The number of ether oxygens (including phenoxy) is 1. The van der Waals surface area contributed by atoms with Crippen molar-refractivity contribution in [1.82, 2.24) is 4.98 Å². The van der Waals surface area contributed by atoms with Crippen molar-refractivity contribution in [2.75, 3.05) is 6.61 Å². The molecule has 0 aliphatic rings. The van der Waals surface area contributed by atoms with E-state index in [9.17, 15) is 9.90 Å². The number of nitrogens with zero attached hydrogens (tertiary/aromatic N) is 1. The molecule has 17 heavy (non-hydrogen) atoms. The largest absolute Gasteiger partial charge is 0.466 e. The summed E-state index contributed by atoms with van der Waals surface area (Å²) >= 11 is 0. The van der Waals surface area contributed by atoms with Gasteiger partial charge in [-0.1, -0.05) is 12.1 Å². The summed E-state index contributed by atoms with van der Waals surface area (Å²) in [6, 6.07) is 5.20. The fourth-order valence-corrected chi connectivity index (χ4v) is 1.54. The maximum atomic E-state index is 11.7. The molecule has 2 atom stereocenters. The lowest BCUT2D eigenvalue weighted by Gasteiger charge is -2.19. The van der Waals surface area contributed by atoms with Crippen LogP contribution in [-0.4, -0.2) is 22.7 Å². The summed E-state index contributed by atoms with van der Waals surface area (Å²) in [4.78, 5) is 15.7. The Bertz CT molecular complexity index is 364. The molecule has 0 spiro atoms. The quantitative estimate of drug-likeness (QED) is 0.604. The van der Waals surface area contributed by atoms with Crippen LogP contribution in [0.4, 0.5) is 0 Å². The summed E-state index contributed by atoms with van der Waals surface area (Å²) in [5.74, 6) is -1.08. The molecule has 4 heteroatoms. The second-order valence-corrected chi connectivity index (χ2v) is 3.58. The van der Waals surface area contributed by atoms with E-state index in [0.29, 0.717) is 18.7 Å². The Balaban J connectivity index is 2.83. The van der Waals surface area contributed by atoms with E-state index in [0.717, 1.165) is 0 Å². The van der Waals surface area contributed by atoms with Crippen molar-refractivity contribution in [1.29, 1.82) is 0 Å². The summed E-state index contributed by atoms with van der Waals surface area (Å²) in [7, 11) is 0. The van der Waals surface area contributed by atoms with Crippen LogP contribution in [-0.2, 0) is 9.53 Å². The highest BCUT2D eigenvalue weighted by Gasteiger charge is 2.28. The smallest absolute Gasteiger partial charge is 0.312 e. The van der Waals surface area contributed by atoms with Gasteiger partial charge in [-0.2, -0.15) is 0 Å². The highest BCUT2D eigenvalue weighted by molar-refractivity contribution is 5.73. The fraction of sp³-hybridized carbons (Fsp3) is 0.385. The van der Waals surface area contributed by atoms with Crippen LogP contribution in [0, 0.1) is 5.92 Å². The Labute approximate surface area is 101 Å². The lowest BCUT2D eigenvalue weighted by atomic mass is 9.96. The third-order valence-electron chi connectivity index (χ3n) is 2.38. The first-order valence-corrected chi connectivity index (χ1v) is 5.57. The monoisotopic (exact) mass is 235 g/mol. The van der Waals surface area contributed by atoms with Crippen LogP contribution >= 0.6 is 0 Å². The number of aliphatic hydroxyl groups is 1. The van der Waals surface area contributed by atoms with Crippen molar-refractivity contribution >= 4 is 5.97 Å². The SMILES string of the molecule is C=CC[C@@H](C(=O)OCC)[C@H](O)c1ccccn1. The minimum atomic E-state index is -0.965. The first kappa shape index (κ1) is 13.4. The van der Waals surface area contributed by atoms with Gasteiger partial charge in [-0.15, -0.1) is 6.58 Å². The molecule has 1 rings (SSSR count). The first-order chi connectivity index (χ1) is 8.20. The molecule has 0 aliphatic heterocycles. The average molecular weight is 235 g/mol. The number of aliphatic hydroxyl groups excluding tert-OH is 1. The zero-order valence-electron chi connectivity index (χ0n) is 9.87. The maximum Gasteiger partial charge on any atom is 0.312 e. The molecular formula is C13H17NO3. The van der Waals surface area contributed by atoms with E-state index < -0.39 is 18.0 Å². The van der Waals surface area contributed by atoms with Gasteiger partial charge in [0.15, 0.2) is 0 Å². The Morgan fingerprint density at radius 1 is 1.65 bits per heavy atom. The first-order valence-electron chi connectivity index (χ1n) is 5.57. The molecule has 0 radical (unpaired) electrons. The molecule has 0 saturated carbocycles. The van der Waals surface area contributed by atoms with Crippen LogP contribution in [0.2, 0.25) is 0 Å². The predicted molar refractivity (Wildman–Crippen MR) is 64.1 cm³/mol. The van der Waals surface area contributed by atoms with Crippen LogP contribution in [0.25, 0.3) is 0 Å². The summed E-state index contributed by atoms with van der Waals surface area (Å²) < 4.78 is 4.92. The van der Waals surface area contributed by atoms with Crippen molar-refractivity contribution in [3.05, 3.63) is 42.7 Å². The molecule has 1 aromatic rings. The Morgan fingerprint density at radius 2 is 2.41 bits per heavy atom. The van der Waals surface area contributed by atoms with E-state index in [4.69, 9.17) is 4.74 Å². The van der Waals surface area contributed by atoms with Crippen LogP contribution < -0.4 is 0 Å². The standard InChI is InChI=1S/C13H17NO3/c1-3-7-10(13(16)17-4-2)12(15)11-8-5-6-9-14-11/h3,5-6,8-10,12,15H,1,4,7H2,2H3/t10-,12+/m1/s1. The molecule has 1 aromatic heterocycles. The van der Waals surface area contributed by atoms with Crippen molar-refractivity contribution in [2.45, 2.75) is 19.4 Å². The molecule has 0 saturated heterocycles. The van der Waals surface area contributed by atoms with Crippen LogP contribution in [0.15, 0.2) is 37.1 Å². The molecule has 92 valence electrons. The Kier molecular flexibility index (Phi) is 5.36. The Morgan fingerprint density at radius 3 is 2.94 bits per heavy atom. The summed E-state index contributed by atoms with van der Waals surface area (Å²) in [6.45, 7) is 5.61.